The molecular weight excluding hydrogens is 373 g/mol. The standard InChI is InChI=1S/C18H22FN3O4S/c1-12-4-5-16(19)15(10-12)17(23)11-21-6-8-22(9-7-21)27(24,25)18-13(2)20-26-14(18)3/h4-5,10H,6-9,11H2,1-3H3. The van der Waals surface area contributed by atoms with Crippen LogP contribution in [0.3, 0.4) is 0 Å². The van der Waals surface area contributed by atoms with Gasteiger partial charge in [-0.15, -0.1) is 0 Å². The Labute approximate surface area is 157 Å². The third-order valence-electron chi connectivity index (χ3n) is 4.69. The molecular formula is C18H22FN3O4S. The first kappa shape index (κ1) is 19.7. The molecule has 1 saturated heterocycles. The van der Waals surface area contributed by atoms with E-state index in [0.29, 0.717) is 18.8 Å². The molecule has 0 spiro atoms. The Kier molecular flexibility index (Phi) is 5.45. The number of piperazine rings is 1. The van der Waals surface area contributed by atoms with E-state index in [2.05, 4.69) is 5.16 Å². The smallest absolute Gasteiger partial charge is 0.248 e. The highest BCUT2D eigenvalue weighted by Crippen LogP contribution is 2.24. The number of aryl methyl sites for hydroxylation is 3. The summed E-state index contributed by atoms with van der Waals surface area (Å²) in [5, 5.41) is 3.71. The van der Waals surface area contributed by atoms with Crippen molar-refractivity contribution in [1.29, 1.82) is 0 Å². The molecule has 0 saturated carbocycles. The molecule has 9 heteroatoms. The Balaban J connectivity index is 1.65. The molecule has 0 unspecified atom stereocenters. The van der Waals surface area contributed by atoms with Gasteiger partial charge in [0.25, 0.3) is 0 Å². The van der Waals surface area contributed by atoms with E-state index in [-0.39, 0.29) is 41.6 Å². The minimum absolute atomic E-state index is 0.0551. The molecule has 2 heterocycles. The van der Waals surface area contributed by atoms with Gasteiger partial charge >= 0.3 is 0 Å². The number of hydrogen-bond acceptors (Lipinski definition) is 6. The topological polar surface area (TPSA) is 83.7 Å². The molecule has 0 amide bonds. The Hall–Kier alpha value is -2.10. The zero-order valence-electron chi connectivity index (χ0n) is 15.5. The molecule has 2 aromatic rings. The Bertz CT molecular complexity index is 943. The monoisotopic (exact) mass is 395 g/mol. The van der Waals surface area contributed by atoms with Gasteiger partial charge in [-0.2, -0.15) is 4.31 Å². The summed E-state index contributed by atoms with van der Waals surface area (Å²) in [6, 6.07) is 4.44. The number of nitrogens with zero attached hydrogens (tertiary/aromatic N) is 3. The maximum absolute atomic E-state index is 13.9. The van der Waals surface area contributed by atoms with Crippen molar-refractivity contribution in [3.05, 3.63) is 46.6 Å². The van der Waals surface area contributed by atoms with Crippen molar-refractivity contribution in [2.45, 2.75) is 25.7 Å². The maximum Gasteiger partial charge on any atom is 0.248 e. The van der Waals surface area contributed by atoms with Crippen LogP contribution in [0.4, 0.5) is 4.39 Å². The molecule has 0 atom stereocenters. The largest absolute Gasteiger partial charge is 0.360 e. The van der Waals surface area contributed by atoms with Crippen LogP contribution >= 0.6 is 0 Å². The number of halogens is 1. The predicted octanol–water partition coefficient (Wildman–Crippen LogP) is 1.93. The van der Waals surface area contributed by atoms with Crippen LogP contribution < -0.4 is 0 Å². The molecule has 0 N–H and O–H groups in total. The molecule has 1 aromatic carbocycles. The van der Waals surface area contributed by atoms with E-state index < -0.39 is 15.8 Å². The van der Waals surface area contributed by atoms with Crippen LogP contribution in [0.25, 0.3) is 0 Å². The van der Waals surface area contributed by atoms with Gasteiger partial charge in [0.15, 0.2) is 11.5 Å². The van der Waals surface area contributed by atoms with Gasteiger partial charge in [0.1, 0.15) is 16.4 Å². The summed E-state index contributed by atoms with van der Waals surface area (Å²) >= 11 is 0. The van der Waals surface area contributed by atoms with Gasteiger partial charge in [-0.05, 0) is 32.9 Å². The second-order valence-corrected chi connectivity index (χ2v) is 8.61. The van der Waals surface area contributed by atoms with Crippen LogP contribution in [0.15, 0.2) is 27.6 Å². The molecule has 27 heavy (non-hydrogen) atoms. The van der Waals surface area contributed by atoms with Gasteiger partial charge in [-0.25, -0.2) is 12.8 Å². The lowest BCUT2D eigenvalue weighted by Crippen LogP contribution is -2.50. The highest BCUT2D eigenvalue weighted by molar-refractivity contribution is 7.89. The first-order valence-corrected chi connectivity index (χ1v) is 10.1. The normalized spacial score (nSPS) is 16.6. The quantitative estimate of drug-likeness (QED) is 0.720. The van der Waals surface area contributed by atoms with Crippen LogP contribution in [-0.2, 0) is 10.0 Å². The molecule has 1 aromatic heterocycles. The molecule has 1 aliphatic heterocycles. The molecule has 0 aliphatic carbocycles. The number of carbonyl (C=O) groups is 1. The minimum Gasteiger partial charge on any atom is -0.360 e. The number of benzene rings is 1. The number of carbonyl (C=O) groups excluding carboxylic acids is 1. The van der Waals surface area contributed by atoms with Gasteiger partial charge in [-0.3, -0.25) is 9.69 Å². The molecule has 0 bridgehead atoms. The minimum atomic E-state index is -3.69. The van der Waals surface area contributed by atoms with E-state index in [1.165, 1.54) is 16.4 Å². The van der Waals surface area contributed by atoms with Crippen LogP contribution in [0.5, 0.6) is 0 Å². The number of hydrogen-bond donors (Lipinski definition) is 0. The van der Waals surface area contributed by atoms with E-state index in [4.69, 9.17) is 4.52 Å². The van der Waals surface area contributed by atoms with E-state index in [9.17, 15) is 17.6 Å². The highest BCUT2D eigenvalue weighted by Gasteiger charge is 2.33. The highest BCUT2D eigenvalue weighted by atomic mass is 32.2. The average Bonchev–Trinajstić information content (AvgIpc) is 2.96. The van der Waals surface area contributed by atoms with Crippen molar-refractivity contribution >= 4 is 15.8 Å². The maximum atomic E-state index is 13.9. The summed E-state index contributed by atoms with van der Waals surface area (Å²) in [6.45, 7) is 6.29. The fraction of sp³-hybridized carbons (Fsp3) is 0.444. The third-order valence-corrected chi connectivity index (χ3v) is 6.83. The Morgan fingerprint density at radius 1 is 1.19 bits per heavy atom. The first-order valence-electron chi connectivity index (χ1n) is 8.65. The molecule has 1 aliphatic rings. The molecule has 0 radical (unpaired) electrons. The summed E-state index contributed by atoms with van der Waals surface area (Å²) in [6.07, 6.45) is 0. The van der Waals surface area contributed by atoms with Crippen molar-refractivity contribution in [3.63, 3.8) is 0 Å². The molecule has 146 valence electrons. The Morgan fingerprint density at radius 2 is 1.85 bits per heavy atom. The zero-order valence-corrected chi connectivity index (χ0v) is 16.3. The van der Waals surface area contributed by atoms with Crippen LogP contribution in [-0.4, -0.2) is 61.3 Å². The van der Waals surface area contributed by atoms with E-state index in [1.54, 1.807) is 26.8 Å². The lowest BCUT2D eigenvalue weighted by molar-refractivity contribution is 0.0897. The van der Waals surface area contributed by atoms with Crippen molar-refractivity contribution < 1.29 is 22.1 Å². The van der Waals surface area contributed by atoms with Crippen molar-refractivity contribution in [2.75, 3.05) is 32.7 Å². The van der Waals surface area contributed by atoms with Crippen molar-refractivity contribution in [2.24, 2.45) is 0 Å². The van der Waals surface area contributed by atoms with Crippen LogP contribution in [0.1, 0.15) is 27.4 Å². The van der Waals surface area contributed by atoms with Crippen molar-refractivity contribution in [1.82, 2.24) is 14.4 Å². The molecule has 1 fully saturated rings. The van der Waals surface area contributed by atoms with Gasteiger partial charge in [0.2, 0.25) is 10.0 Å². The summed E-state index contributed by atoms with van der Waals surface area (Å²) in [5.41, 5.74) is 1.22. The lowest BCUT2D eigenvalue weighted by Gasteiger charge is -2.33. The van der Waals surface area contributed by atoms with E-state index in [1.807, 2.05) is 4.90 Å². The number of sulfonamides is 1. The second-order valence-electron chi connectivity index (χ2n) is 6.74. The fourth-order valence-electron chi connectivity index (χ4n) is 3.24. The van der Waals surface area contributed by atoms with E-state index in [0.717, 1.165) is 5.56 Å². The molecule has 7 nitrogen and oxygen atoms in total. The summed E-state index contributed by atoms with van der Waals surface area (Å²) in [7, 11) is -3.69. The summed E-state index contributed by atoms with van der Waals surface area (Å²) < 4.78 is 45.8. The van der Waals surface area contributed by atoms with Crippen molar-refractivity contribution in [3.8, 4) is 0 Å². The predicted molar refractivity (Wildman–Crippen MR) is 96.6 cm³/mol. The van der Waals surface area contributed by atoms with Crippen LogP contribution in [0.2, 0.25) is 0 Å². The first-order chi connectivity index (χ1) is 12.7. The SMILES string of the molecule is Cc1ccc(F)c(C(=O)CN2CCN(S(=O)(=O)c3c(C)noc3C)CC2)c1. The number of ketones is 1. The van der Waals surface area contributed by atoms with Gasteiger partial charge in [-0.1, -0.05) is 16.8 Å². The lowest BCUT2D eigenvalue weighted by atomic mass is 10.1. The summed E-state index contributed by atoms with van der Waals surface area (Å²) in [5.74, 6) is -0.580. The van der Waals surface area contributed by atoms with Gasteiger partial charge < -0.3 is 4.52 Å². The number of Topliss-reactive ketones (excluding diaryl/α,β-unsaturated/α-hetero) is 1. The second kappa shape index (κ2) is 7.49. The molecule has 3 rings (SSSR count). The zero-order chi connectivity index (χ0) is 19.8. The average molecular weight is 395 g/mol. The Morgan fingerprint density at radius 3 is 2.44 bits per heavy atom. The fourth-order valence-corrected chi connectivity index (χ4v) is 4.95. The van der Waals surface area contributed by atoms with E-state index >= 15 is 0 Å². The van der Waals surface area contributed by atoms with Gasteiger partial charge in [0, 0.05) is 26.2 Å². The third kappa shape index (κ3) is 3.95. The van der Waals surface area contributed by atoms with Gasteiger partial charge in [0.05, 0.1) is 12.1 Å². The summed E-state index contributed by atoms with van der Waals surface area (Å²) in [4.78, 5) is 14.3. The van der Waals surface area contributed by atoms with Crippen LogP contribution in [0, 0.1) is 26.6 Å². The number of rotatable bonds is 5. The number of aromatic nitrogens is 1.